The van der Waals surface area contributed by atoms with Crippen molar-refractivity contribution < 1.29 is 23.5 Å². The van der Waals surface area contributed by atoms with Gasteiger partial charge >= 0.3 is 11.8 Å². The van der Waals surface area contributed by atoms with Crippen LogP contribution in [0.15, 0.2) is 52.0 Å². The smallest absolute Gasteiger partial charge is 0.329 e. The number of nitrogens with one attached hydrogen (secondary N) is 3. The number of hydrazone groups is 1. The Morgan fingerprint density at radius 3 is 2.66 bits per heavy atom. The summed E-state index contributed by atoms with van der Waals surface area (Å²) in [7, 11) is 0. The molecule has 0 heterocycles. The lowest BCUT2D eigenvalue weighted by atomic mass is 10.2. The van der Waals surface area contributed by atoms with Gasteiger partial charge in [0.1, 0.15) is 11.6 Å². The molecular formula is C19H18BrFN4O4. The van der Waals surface area contributed by atoms with Crippen molar-refractivity contribution in [3.05, 3.63) is 58.3 Å². The van der Waals surface area contributed by atoms with E-state index in [4.69, 9.17) is 4.74 Å². The number of hydrogen-bond acceptors (Lipinski definition) is 5. The molecule has 0 saturated heterocycles. The molecule has 8 nitrogen and oxygen atoms in total. The predicted molar refractivity (Wildman–Crippen MR) is 109 cm³/mol. The first-order valence-corrected chi connectivity index (χ1v) is 9.28. The summed E-state index contributed by atoms with van der Waals surface area (Å²) in [5.74, 6) is -2.52. The van der Waals surface area contributed by atoms with Crippen molar-refractivity contribution in [2.24, 2.45) is 5.10 Å². The van der Waals surface area contributed by atoms with E-state index in [1.807, 2.05) is 0 Å². The zero-order valence-electron chi connectivity index (χ0n) is 15.4. The molecule has 0 aliphatic rings. The number of anilines is 1. The monoisotopic (exact) mass is 464 g/mol. The Morgan fingerprint density at radius 1 is 1.17 bits per heavy atom. The number of amides is 3. The summed E-state index contributed by atoms with van der Waals surface area (Å²) in [4.78, 5) is 34.8. The molecule has 10 heteroatoms. The molecule has 0 unspecified atom stereocenters. The highest BCUT2D eigenvalue weighted by Gasteiger charge is 2.11. The summed E-state index contributed by atoms with van der Waals surface area (Å²) in [5, 5.41) is 8.46. The van der Waals surface area contributed by atoms with Gasteiger partial charge in [-0.1, -0.05) is 28.1 Å². The van der Waals surface area contributed by atoms with Gasteiger partial charge in [-0.15, -0.1) is 0 Å². The van der Waals surface area contributed by atoms with E-state index in [9.17, 15) is 18.8 Å². The summed E-state index contributed by atoms with van der Waals surface area (Å²) >= 11 is 3.14. The lowest BCUT2D eigenvalue weighted by Gasteiger charge is -2.10. The van der Waals surface area contributed by atoms with Crippen LogP contribution in [0.4, 0.5) is 10.1 Å². The second kappa shape index (κ2) is 10.9. The summed E-state index contributed by atoms with van der Waals surface area (Å²) in [6, 6.07) is 10.9. The zero-order valence-corrected chi connectivity index (χ0v) is 17.0. The molecule has 0 aromatic heterocycles. The first-order valence-electron chi connectivity index (χ1n) is 8.48. The molecule has 2 aromatic rings. The lowest BCUT2D eigenvalue weighted by molar-refractivity contribution is -0.139. The molecule has 2 aromatic carbocycles. The average molecular weight is 465 g/mol. The van der Waals surface area contributed by atoms with Gasteiger partial charge in [0, 0.05) is 16.6 Å². The molecule has 0 aliphatic heterocycles. The van der Waals surface area contributed by atoms with E-state index in [2.05, 4.69) is 37.1 Å². The fraction of sp³-hybridized carbons (Fsp3) is 0.158. The van der Waals surface area contributed by atoms with Gasteiger partial charge in [-0.2, -0.15) is 5.10 Å². The van der Waals surface area contributed by atoms with Gasteiger partial charge in [-0.05, 0) is 37.3 Å². The SMILES string of the molecule is CCNC(=O)C(=O)N/N=C\c1ccccc1OCC(=O)Nc1ccc(Br)cc1F. The largest absolute Gasteiger partial charge is 0.483 e. The Hall–Kier alpha value is -3.27. The fourth-order valence-electron chi connectivity index (χ4n) is 2.09. The maximum atomic E-state index is 13.8. The molecule has 29 heavy (non-hydrogen) atoms. The highest BCUT2D eigenvalue weighted by molar-refractivity contribution is 9.10. The molecule has 0 saturated carbocycles. The predicted octanol–water partition coefficient (Wildman–Crippen LogP) is 2.19. The number of carbonyl (C=O) groups excluding carboxylic acids is 3. The van der Waals surface area contributed by atoms with E-state index in [1.54, 1.807) is 37.3 Å². The normalized spacial score (nSPS) is 10.4. The van der Waals surface area contributed by atoms with Crippen molar-refractivity contribution >= 4 is 45.6 Å². The third-order valence-corrected chi connectivity index (χ3v) is 3.89. The van der Waals surface area contributed by atoms with Crippen molar-refractivity contribution in [2.75, 3.05) is 18.5 Å². The van der Waals surface area contributed by atoms with Crippen LogP contribution in [0.25, 0.3) is 0 Å². The first kappa shape index (κ1) is 22.0. The quantitative estimate of drug-likeness (QED) is 0.331. The van der Waals surface area contributed by atoms with Crippen LogP contribution in [0, 0.1) is 5.82 Å². The first-order chi connectivity index (χ1) is 13.9. The number of nitrogens with zero attached hydrogens (tertiary/aromatic N) is 1. The van der Waals surface area contributed by atoms with Gasteiger partial charge in [0.15, 0.2) is 6.61 Å². The Morgan fingerprint density at radius 2 is 1.93 bits per heavy atom. The number of para-hydroxylation sites is 1. The van der Waals surface area contributed by atoms with E-state index in [0.717, 1.165) is 0 Å². The highest BCUT2D eigenvalue weighted by atomic mass is 79.9. The van der Waals surface area contributed by atoms with E-state index >= 15 is 0 Å². The Labute approximate surface area is 174 Å². The maximum absolute atomic E-state index is 13.8. The van der Waals surface area contributed by atoms with E-state index in [-0.39, 0.29) is 12.3 Å². The molecule has 0 aliphatic carbocycles. The average Bonchev–Trinajstić information content (AvgIpc) is 2.69. The van der Waals surface area contributed by atoms with Crippen molar-refractivity contribution in [1.29, 1.82) is 0 Å². The number of halogens is 2. The van der Waals surface area contributed by atoms with Crippen LogP contribution >= 0.6 is 15.9 Å². The molecule has 152 valence electrons. The van der Waals surface area contributed by atoms with Gasteiger partial charge in [-0.3, -0.25) is 14.4 Å². The Bertz CT molecular complexity index is 936. The van der Waals surface area contributed by atoms with Gasteiger partial charge in [-0.25, -0.2) is 9.82 Å². The van der Waals surface area contributed by atoms with Gasteiger partial charge in [0.2, 0.25) is 0 Å². The molecule has 0 atom stereocenters. The number of benzene rings is 2. The molecule has 0 spiro atoms. The van der Waals surface area contributed by atoms with E-state index in [0.29, 0.717) is 22.3 Å². The van der Waals surface area contributed by atoms with E-state index < -0.39 is 23.5 Å². The summed E-state index contributed by atoms with van der Waals surface area (Å²) in [6.45, 7) is 1.63. The van der Waals surface area contributed by atoms with Crippen molar-refractivity contribution in [1.82, 2.24) is 10.7 Å². The minimum Gasteiger partial charge on any atom is -0.483 e. The van der Waals surface area contributed by atoms with Crippen LogP contribution in [0.1, 0.15) is 12.5 Å². The standard InChI is InChI=1S/C19H18BrFN4O4/c1-2-22-18(27)19(28)25-23-10-12-5-3-4-6-16(12)29-11-17(26)24-15-8-7-13(20)9-14(15)21/h3-10H,2,11H2,1H3,(H,22,27)(H,24,26)(H,25,28)/b23-10-. The summed E-state index contributed by atoms with van der Waals surface area (Å²) < 4.78 is 19.8. The number of carbonyl (C=O) groups is 3. The fourth-order valence-corrected chi connectivity index (χ4v) is 2.42. The van der Waals surface area contributed by atoms with Crippen molar-refractivity contribution in [3.63, 3.8) is 0 Å². The highest BCUT2D eigenvalue weighted by Crippen LogP contribution is 2.20. The second-order valence-corrected chi connectivity index (χ2v) is 6.47. The number of hydrogen-bond donors (Lipinski definition) is 3. The van der Waals surface area contributed by atoms with Crippen LogP contribution in [-0.2, 0) is 14.4 Å². The molecule has 0 bridgehead atoms. The molecule has 2 rings (SSSR count). The Balaban J connectivity index is 1.94. The number of likely N-dealkylation sites (N-methyl/N-ethyl adjacent to an activating group) is 1. The maximum Gasteiger partial charge on any atom is 0.329 e. The summed E-state index contributed by atoms with van der Waals surface area (Å²) in [6.07, 6.45) is 1.28. The van der Waals surface area contributed by atoms with Crippen molar-refractivity contribution in [3.8, 4) is 5.75 Å². The third-order valence-electron chi connectivity index (χ3n) is 3.40. The summed E-state index contributed by atoms with van der Waals surface area (Å²) in [5.41, 5.74) is 2.59. The molecule has 3 amide bonds. The Kier molecular flexibility index (Phi) is 8.28. The van der Waals surface area contributed by atoms with Gasteiger partial charge < -0.3 is 15.4 Å². The minimum atomic E-state index is -0.905. The van der Waals surface area contributed by atoms with Crippen LogP contribution in [-0.4, -0.2) is 37.1 Å². The van der Waals surface area contributed by atoms with Crippen LogP contribution in [0.2, 0.25) is 0 Å². The number of rotatable bonds is 7. The lowest BCUT2D eigenvalue weighted by Crippen LogP contribution is -2.37. The molecule has 0 radical (unpaired) electrons. The topological polar surface area (TPSA) is 109 Å². The van der Waals surface area contributed by atoms with Crippen LogP contribution < -0.4 is 20.8 Å². The molecule has 3 N–H and O–H groups in total. The van der Waals surface area contributed by atoms with Crippen molar-refractivity contribution in [2.45, 2.75) is 6.92 Å². The van der Waals surface area contributed by atoms with E-state index in [1.165, 1.54) is 18.3 Å². The van der Waals surface area contributed by atoms with Crippen LogP contribution in [0.5, 0.6) is 5.75 Å². The third kappa shape index (κ3) is 7.00. The van der Waals surface area contributed by atoms with Crippen LogP contribution in [0.3, 0.4) is 0 Å². The minimum absolute atomic E-state index is 0.0321. The van der Waals surface area contributed by atoms with Gasteiger partial charge in [0.25, 0.3) is 5.91 Å². The molecule has 0 fully saturated rings. The zero-order chi connectivity index (χ0) is 21.2. The van der Waals surface area contributed by atoms with Gasteiger partial charge in [0.05, 0.1) is 11.9 Å². The molecular weight excluding hydrogens is 447 g/mol. The number of ether oxygens (including phenoxy) is 1. The second-order valence-electron chi connectivity index (χ2n) is 5.56.